The van der Waals surface area contributed by atoms with E-state index < -0.39 is 44.7 Å². The summed E-state index contributed by atoms with van der Waals surface area (Å²) in [5.74, 6) is -1.43. The number of sulfonamides is 1. The Hall–Kier alpha value is -2.60. The van der Waals surface area contributed by atoms with Crippen LogP contribution in [0, 0.1) is 0 Å². The molecular formula is C22H19Cl2F3N4O3S. The smallest absolute Gasteiger partial charge is 0.347 e. The summed E-state index contributed by atoms with van der Waals surface area (Å²) < 4.78 is 68.8. The monoisotopic (exact) mass is 546 g/mol. The third kappa shape index (κ3) is 5.04. The number of amides is 1. The van der Waals surface area contributed by atoms with E-state index in [0.29, 0.717) is 10.6 Å². The second-order valence-electron chi connectivity index (χ2n) is 8.07. The van der Waals surface area contributed by atoms with Crippen molar-refractivity contribution in [3.05, 3.63) is 81.7 Å². The van der Waals surface area contributed by atoms with Crippen molar-refractivity contribution in [2.75, 3.05) is 13.1 Å². The fourth-order valence-corrected chi connectivity index (χ4v) is 6.08. The van der Waals surface area contributed by atoms with Gasteiger partial charge in [-0.05, 0) is 23.8 Å². The van der Waals surface area contributed by atoms with Gasteiger partial charge < -0.3 is 9.88 Å². The van der Waals surface area contributed by atoms with E-state index in [2.05, 4.69) is 10.3 Å². The predicted octanol–water partition coefficient (Wildman–Crippen LogP) is 4.33. The normalized spacial score (nSPS) is 19.1. The van der Waals surface area contributed by atoms with Crippen LogP contribution in [0.25, 0.3) is 0 Å². The lowest BCUT2D eigenvalue weighted by Gasteiger charge is -2.22. The van der Waals surface area contributed by atoms with Crippen LogP contribution in [0.2, 0.25) is 10.0 Å². The van der Waals surface area contributed by atoms with Crippen molar-refractivity contribution < 1.29 is 26.4 Å². The molecule has 0 aliphatic carbocycles. The maximum Gasteiger partial charge on any atom is 0.417 e. The first-order valence-corrected chi connectivity index (χ1v) is 12.5. The van der Waals surface area contributed by atoms with Gasteiger partial charge in [-0.15, -0.1) is 0 Å². The molecule has 4 rings (SSSR count). The highest BCUT2D eigenvalue weighted by Crippen LogP contribution is 2.37. The molecule has 0 radical (unpaired) electrons. The Morgan fingerprint density at radius 1 is 1.11 bits per heavy atom. The van der Waals surface area contributed by atoms with E-state index in [0.717, 1.165) is 12.1 Å². The molecule has 7 nitrogen and oxygen atoms in total. The summed E-state index contributed by atoms with van der Waals surface area (Å²) in [5, 5.41) is 2.14. The van der Waals surface area contributed by atoms with E-state index in [1.54, 1.807) is 31.3 Å². The van der Waals surface area contributed by atoms with Crippen molar-refractivity contribution >= 4 is 39.1 Å². The number of halogens is 5. The van der Waals surface area contributed by atoms with Crippen LogP contribution < -0.4 is 5.32 Å². The number of benzene rings is 2. The van der Waals surface area contributed by atoms with Crippen LogP contribution in [0.4, 0.5) is 13.2 Å². The number of carbonyl (C=O) groups excluding carboxylic acids is 1. The molecule has 13 heteroatoms. The third-order valence-corrected chi connectivity index (χ3v) is 8.21. The molecular weight excluding hydrogens is 528 g/mol. The largest absolute Gasteiger partial charge is 0.417 e. The zero-order valence-corrected chi connectivity index (χ0v) is 20.5. The Labute approximate surface area is 209 Å². The van der Waals surface area contributed by atoms with Gasteiger partial charge in [0.15, 0.2) is 5.03 Å². The quantitative estimate of drug-likeness (QED) is 0.516. The molecule has 1 aromatic heterocycles. The van der Waals surface area contributed by atoms with E-state index in [9.17, 15) is 26.4 Å². The minimum atomic E-state index is -4.74. The average Bonchev–Trinajstić information content (AvgIpc) is 3.40. The first kappa shape index (κ1) is 25.5. The lowest BCUT2D eigenvalue weighted by Crippen LogP contribution is -2.40. The van der Waals surface area contributed by atoms with Gasteiger partial charge in [0.1, 0.15) is 0 Å². The number of aromatic nitrogens is 2. The molecule has 1 aliphatic heterocycles. The number of hydrogen-bond acceptors (Lipinski definition) is 4. The Balaban J connectivity index is 1.68. The Morgan fingerprint density at radius 3 is 2.46 bits per heavy atom. The second kappa shape index (κ2) is 9.45. The summed E-state index contributed by atoms with van der Waals surface area (Å²) in [6, 6.07) is 9.01. The number of carbonyl (C=O) groups is 1. The number of nitrogens with one attached hydrogen (secondary N) is 1. The molecule has 3 aromatic rings. The highest BCUT2D eigenvalue weighted by molar-refractivity contribution is 7.89. The van der Waals surface area contributed by atoms with Crippen molar-refractivity contribution in [3.63, 3.8) is 0 Å². The molecule has 0 bridgehead atoms. The number of nitrogens with zero attached hydrogens (tertiary/aromatic N) is 3. The van der Waals surface area contributed by atoms with Gasteiger partial charge in [0, 0.05) is 37.3 Å². The van der Waals surface area contributed by atoms with Crippen LogP contribution in [-0.2, 0) is 23.2 Å². The number of alkyl halides is 3. The number of rotatable bonds is 5. The van der Waals surface area contributed by atoms with Crippen molar-refractivity contribution in [2.45, 2.75) is 23.2 Å². The maximum absolute atomic E-state index is 13.3. The minimum Gasteiger partial charge on any atom is -0.347 e. The lowest BCUT2D eigenvalue weighted by molar-refractivity contribution is -0.137. The number of imidazole rings is 1. The molecule has 1 N–H and O–H groups in total. The Kier molecular flexibility index (Phi) is 6.89. The van der Waals surface area contributed by atoms with Crippen LogP contribution in [0.3, 0.4) is 0 Å². The van der Waals surface area contributed by atoms with Crippen LogP contribution in [0.1, 0.15) is 27.4 Å². The molecule has 2 aromatic carbocycles. The highest BCUT2D eigenvalue weighted by atomic mass is 35.5. The first-order chi connectivity index (χ1) is 16.4. The van der Waals surface area contributed by atoms with Crippen LogP contribution in [0.15, 0.2) is 60.0 Å². The molecule has 0 saturated carbocycles. The zero-order chi connectivity index (χ0) is 25.5. The fourth-order valence-electron chi connectivity index (χ4n) is 4.03. The molecule has 186 valence electrons. The average molecular weight is 547 g/mol. The topological polar surface area (TPSA) is 84.3 Å². The summed E-state index contributed by atoms with van der Waals surface area (Å²) in [6.45, 7) is -0.166. The zero-order valence-electron chi connectivity index (χ0n) is 18.1. The molecule has 1 aliphatic rings. The van der Waals surface area contributed by atoms with Crippen LogP contribution >= 0.6 is 23.2 Å². The first-order valence-electron chi connectivity index (χ1n) is 10.3. The van der Waals surface area contributed by atoms with Crippen LogP contribution in [0.5, 0.6) is 0 Å². The van der Waals surface area contributed by atoms with E-state index in [4.69, 9.17) is 23.2 Å². The summed E-state index contributed by atoms with van der Waals surface area (Å²) >= 11 is 12.3. The van der Waals surface area contributed by atoms with Crippen molar-refractivity contribution in [1.29, 1.82) is 0 Å². The number of hydrogen-bond donors (Lipinski definition) is 1. The van der Waals surface area contributed by atoms with Gasteiger partial charge in [-0.25, -0.2) is 13.4 Å². The molecule has 2 heterocycles. The maximum atomic E-state index is 13.3. The molecule has 1 fully saturated rings. The van der Waals surface area contributed by atoms with Gasteiger partial charge in [-0.2, -0.15) is 17.5 Å². The second-order valence-corrected chi connectivity index (χ2v) is 10.7. The standard InChI is InChI=1S/C22H19Cl2F3N4O3S/c1-30-11-19(28-12-30)35(33,34)31-9-15(13-5-2-3-8-17(13)23)18(10-31)29-21(32)14-6-4-7-16(20(14)24)22(25,26)27/h2-8,11-12,15,18H,9-10H2,1H3,(H,29,32)/t15-,18+/m1/s1. The van der Waals surface area contributed by atoms with Gasteiger partial charge in [-0.3, -0.25) is 4.79 Å². The molecule has 0 spiro atoms. The third-order valence-electron chi connectivity index (χ3n) is 5.74. The predicted molar refractivity (Wildman–Crippen MR) is 124 cm³/mol. The van der Waals surface area contributed by atoms with E-state index in [1.165, 1.54) is 27.5 Å². The Bertz CT molecular complexity index is 1380. The summed E-state index contributed by atoms with van der Waals surface area (Å²) in [6.07, 6.45) is -2.04. The van der Waals surface area contributed by atoms with Gasteiger partial charge in [-0.1, -0.05) is 47.5 Å². The summed E-state index contributed by atoms with van der Waals surface area (Å²) in [7, 11) is -2.38. The van der Waals surface area contributed by atoms with E-state index in [-0.39, 0.29) is 23.7 Å². The van der Waals surface area contributed by atoms with Crippen LogP contribution in [-0.4, -0.2) is 47.3 Å². The number of aryl methyl sites for hydroxylation is 1. The summed E-state index contributed by atoms with van der Waals surface area (Å²) in [5.41, 5.74) is -0.918. The van der Waals surface area contributed by atoms with Crippen molar-refractivity contribution in [3.8, 4) is 0 Å². The van der Waals surface area contributed by atoms with E-state index in [1.807, 2.05) is 0 Å². The molecule has 2 atom stereocenters. The van der Waals surface area contributed by atoms with Crippen molar-refractivity contribution in [2.24, 2.45) is 7.05 Å². The molecule has 0 unspecified atom stereocenters. The Morgan fingerprint density at radius 2 is 1.83 bits per heavy atom. The van der Waals surface area contributed by atoms with Gasteiger partial charge in [0.05, 0.1) is 28.5 Å². The molecule has 35 heavy (non-hydrogen) atoms. The lowest BCUT2D eigenvalue weighted by atomic mass is 9.94. The molecule has 1 amide bonds. The highest BCUT2D eigenvalue weighted by Gasteiger charge is 2.43. The van der Waals surface area contributed by atoms with Gasteiger partial charge >= 0.3 is 6.18 Å². The molecule has 1 saturated heterocycles. The fraction of sp³-hybridized carbons (Fsp3) is 0.273. The minimum absolute atomic E-state index is 0.0239. The summed E-state index contributed by atoms with van der Waals surface area (Å²) in [4.78, 5) is 16.9. The van der Waals surface area contributed by atoms with E-state index >= 15 is 0 Å². The SMILES string of the molecule is Cn1cnc(S(=O)(=O)N2C[C@H](NC(=O)c3cccc(C(F)(F)F)c3Cl)[C@@H](c3ccccc3Cl)C2)c1. The van der Waals surface area contributed by atoms with Crippen molar-refractivity contribution in [1.82, 2.24) is 19.2 Å². The van der Waals surface area contributed by atoms with Gasteiger partial charge in [0.25, 0.3) is 15.9 Å². The van der Waals surface area contributed by atoms with Gasteiger partial charge in [0.2, 0.25) is 0 Å².